The fourth-order valence-electron chi connectivity index (χ4n) is 1.76. The molecule has 0 saturated carbocycles. The first kappa shape index (κ1) is 12.8. The summed E-state index contributed by atoms with van der Waals surface area (Å²) in [6.07, 6.45) is 1.60. The summed E-state index contributed by atoms with van der Waals surface area (Å²) < 4.78 is 1.88. The maximum absolute atomic E-state index is 4.30. The third kappa shape index (κ3) is 3.17. The smallest absolute Gasteiger partial charge is 0.146 e. The molecule has 1 aromatic carbocycles. The summed E-state index contributed by atoms with van der Waals surface area (Å²) in [7, 11) is 0. The van der Waals surface area contributed by atoms with Gasteiger partial charge in [-0.05, 0) is 31.5 Å². The SMILES string of the molecule is Cc1ccc(-n2ncnc2CNCC(C)C)cc1. The van der Waals surface area contributed by atoms with Crippen LogP contribution < -0.4 is 5.32 Å². The average molecular weight is 244 g/mol. The Morgan fingerprint density at radius 3 is 2.61 bits per heavy atom. The molecule has 4 heteroatoms. The van der Waals surface area contributed by atoms with Crippen LogP contribution in [0.25, 0.3) is 5.69 Å². The molecule has 96 valence electrons. The van der Waals surface area contributed by atoms with E-state index in [-0.39, 0.29) is 0 Å². The van der Waals surface area contributed by atoms with Gasteiger partial charge in [-0.1, -0.05) is 31.5 Å². The normalized spacial score (nSPS) is 11.1. The number of rotatable bonds is 5. The van der Waals surface area contributed by atoms with Crippen LogP contribution in [0.1, 0.15) is 25.2 Å². The van der Waals surface area contributed by atoms with Crippen molar-refractivity contribution >= 4 is 0 Å². The Morgan fingerprint density at radius 2 is 1.94 bits per heavy atom. The fraction of sp³-hybridized carbons (Fsp3) is 0.429. The topological polar surface area (TPSA) is 42.7 Å². The maximum Gasteiger partial charge on any atom is 0.146 e. The van der Waals surface area contributed by atoms with Gasteiger partial charge in [0, 0.05) is 0 Å². The minimum Gasteiger partial charge on any atom is -0.310 e. The van der Waals surface area contributed by atoms with Crippen molar-refractivity contribution in [1.29, 1.82) is 0 Å². The van der Waals surface area contributed by atoms with Crippen LogP contribution in [0, 0.1) is 12.8 Å². The number of hydrogen-bond donors (Lipinski definition) is 1. The maximum atomic E-state index is 4.30. The molecule has 0 unspecified atom stereocenters. The van der Waals surface area contributed by atoms with Crippen LogP contribution in [0.3, 0.4) is 0 Å². The molecule has 0 spiro atoms. The van der Waals surface area contributed by atoms with Crippen LogP contribution in [0.2, 0.25) is 0 Å². The second-order valence-electron chi connectivity index (χ2n) is 4.95. The number of aryl methyl sites for hydroxylation is 1. The zero-order valence-corrected chi connectivity index (χ0v) is 11.2. The van der Waals surface area contributed by atoms with Crippen LogP contribution >= 0.6 is 0 Å². The molecule has 0 saturated heterocycles. The highest BCUT2D eigenvalue weighted by atomic mass is 15.3. The minimum atomic E-state index is 0.640. The third-order valence-corrected chi connectivity index (χ3v) is 2.73. The van der Waals surface area contributed by atoms with Crippen LogP contribution in [0.5, 0.6) is 0 Å². The van der Waals surface area contributed by atoms with Gasteiger partial charge in [0.05, 0.1) is 12.2 Å². The summed E-state index contributed by atoms with van der Waals surface area (Å²) in [5, 5.41) is 7.66. The minimum absolute atomic E-state index is 0.640. The Morgan fingerprint density at radius 1 is 1.22 bits per heavy atom. The zero-order valence-electron chi connectivity index (χ0n) is 11.2. The van der Waals surface area contributed by atoms with Gasteiger partial charge in [0.1, 0.15) is 12.2 Å². The van der Waals surface area contributed by atoms with Gasteiger partial charge in [0.15, 0.2) is 0 Å². The van der Waals surface area contributed by atoms with Gasteiger partial charge in [0.2, 0.25) is 0 Å². The van der Waals surface area contributed by atoms with E-state index in [4.69, 9.17) is 0 Å². The van der Waals surface area contributed by atoms with Crippen molar-refractivity contribution in [3.63, 3.8) is 0 Å². The Balaban J connectivity index is 2.10. The van der Waals surface area contributed by atoms with Crippen molar-refractivity contribution in [2.45, 2.75) is 27.3 Å². The molecular formula is C14H20N4. The molecule has 0 amide bonds. The van der Waals surface area contributed by atoms with Gasteiger partial charge in [-0.2, -0.15) is 5.10 Å². The molecule has 1 heterocycles. The quantitative estimate of drug-likeness (QED) is 0.877. The van der Waals surface area contributed by atoms with Crippen LogP contribution in [-0.2, 0) is 6.54 Å². The summed E-state index contributed by atoms with van der Waals surface area (Å²) in [6.45, 7) is 8.19. The second-order valence-corrected chi connectivity index (χ2v) is 4.95. The van der Waals surface area contributed by atoms with Crippen LogP contribution in [0.4, 0.5) is 0 Å². The first-order valence-electron chi connectivity index (χ1n) is 6.33. The molecule has 2 aromatic rings. The largest absolute Gasteiger partial charge is 0.310 e. The summed E-state index contributed by atoms with van der Waals surface area (Å²) >= 11 is 0. The highest BCUT2D eigenvalue weighted by Gasteiger charge is 2.06. The summed E-state index contributed by atoms with van der Waals surface area (Å²) in [6, 6.07) is 8.30. The molecule has 0 aliphatic heterocycles. The van der Waals surface area contributed by atoms with E-state index in [0.717, 1.165) is 24.6 Å². The van der Waals surface area contributed by atoms with E-state index in [1.807, 2.05) is 4.68 Å². The lowest BCUT2D eigenvalue weighted by Crippen LogP contribution is -2.21. The lowest BCUT2D eigenvalue weighted by Gasteiger charge is -2.09. The van der Waals surface area contributed by atoms with Crippen molar-refractivity contribution < 1.29 is 0 Å². The van der Waals surface area contributed by atoms with E-state index in [1.165, 1.54) is 5.56 Å². The van der Waals surface area contributed by atoms with Crippen molar-refractivity contribution in [2.75, 3.05) is 6.54 Å². The van der Waals surface area contributed by atoms with Gasteiger partial charge in [-0.15, -0.1) is 0 Å². The number of nitrogens with zero attached hydrogens (tertiary/aromatic N) is 3. The molecule has 0 radical (unpaired) electrons. The van der Waals surface area contributed by atoms with Gasteiger partial charge in [0.25, 0.3) is 0 Å². The monoisotopic (exact) mass is 244 g/mol. The van der Waals surface area contributed by atoms with Crippen molar-refractivity contribution in [1.82, 2.24) is 20.1 Å². The summed E-state index contributed by atoms with van der Waals surface area (Å²) in [5.41, 5.74) is 2.30. The van der Waals surface area contributed by atoms with E-state index in [2.05, 4.69) is 60.4 Å². The number of hydrogen-bond acceptors (Lipinski definition) is 3. The van der Waals surface area contributed by atoms with Gasteiger partial charge < -0.3 is 5.32 Å². The van der Waals surface area contributed by atoms with Crippen molar-refractivity contribution in [3.8, 4) is 5.69 Å². The first-order chi connectivity index (χ1) is 8.66. The number of nitrogens with one attached hydrogen (secondary N) is 1. The molecule has 1 N–H and O–H groups in total. The predicted molar refractivity (Wildman–Crippen MR) is 72.6 cm³/mol. The van der Waals surface area contributed by atoms with E-state index in [0.29, 0.717) is 5.92 Å². The van der Waals surface area contributed by atoms with Crippen LogP contribution in [0.15, 0.2) is 30.6 Å². The molecule has 1 aromatic heterocycles. The molecule has 0 aliphatic rings. The zero-order chi connectivity index (χ0) is 13.0. The molecule has 18 heavy (non-hydrogen) atoms. The average Bonchev–Trinajstić information content (AvgIpc) is 2.78. The van der Waals surface area contributed by atoms with Crippen molar-refractivity contribution in [3.05, 3.63) is 42.0 Å². The van der Waals surface area contributed by atoms with Gasteiger partial charge in [-0.25, -0.2) is 9.67 Å². The molecule has 2 rings (SSSR count). The lowest BCUT2D eigenvalue weighted by molar-refractivity contribution is 0.538. The molecule has 4 nitrogen and oxygen atoms in total. The van der Waals surface area contributed by atoms with Crippen LogP contribution in [-0.4, -0.2) is 21.3 Å². The van der Waals surface area contributed by atoms with E-state index in [1.54, 1.807) is 6.33 Å². The lowest BCUT2D eigenvalue weighted by atomic mass is 10.2. The summed E-state index contributed by atoms with van der Waals surface area (Å²) in [5.74, 6) is 1.58. The molecule has 0 atom stereocenters. The Labute approximate surface area is 108 Å². The molecule has 0 bridgehead atoms. The van der Waals surface area contributed by atoms with Gasteiger partial charge >= 0.3 is 0 Å². The van der Waals surface area contributed by atoms with Gasteiger partial charge in [-0.3, -0.25) is 0 Å². The molecular weight excluding hydrogens is 224 g/mol. The summed E-state index contributed by atoms with van der Waals surface area (Å²) in [4.78, 5) is 4.30. The highest BCUT2D eigenvalue weighted by molar-refractivity contribution is 5.33. The van der Waals surface area contributed by atoms with E-state index >= 15 is 0 Å². The highest BCUT2D eigenvalue weighted by Crippen LogP contribution is 2.09. The number of aromatic nitrogens is 3. The molecule has 0 aliphatic carbocycles. The number of benzene rings is 1. The Kier molecular flexibility index (Phi) is 4.10. The standard InChI is InChI=1S/C14H20N4/c1-11(2)8-15-9-14-16-10-17-18(14)13-6-4-12(3)5-7-13/h4-7,10-11,15H,8-9H2,1-3H3. The van der Waals surface area contributed by atoms with Crippen molar-refractivity contribution in [2.24, 2.45) is 5.92 Å². The first-order valence-corrected chi connectivity index (χ1v) is 6.33. The Bertz CT molecular complexity index is 485. The predicted octanol–water partition coefficient (Wildman–Crippen LogP) is 2.32. The molecule has 0 fully saturated rings. The Hall–Kier alpha value is -1.68. The van der Waals surface area contributed by atoms with E-state index in [9.17, 15) is 0 Å². The third-order valence-electron chi connectivity index (χ3n) is 2.73. The van der Waals surface area contributed by atoms with E-state index < -0.39 is 0 Å². The fourth-order valence-corrected chi connectivity index (χ4v) is 1.76. The second kappa shape index (κ2) is 5.78.